The number of nitrogens with zero attached hydrogens (tertiary/aromatic N) is 1. The Labute approximate surface area is 161 Å². The number of anilines is 1. The van der Waals surface area contributed by atoms with Crippen LogP contribution in [0.1, 0.15) is 24.5 Å². The van der Waals surface area contributed by atoms with E-state index in [9.17, 15) is 0 Å². The zero-order valence-corrected chi connectivity index (χ0v) is 16.6. The largest absolute Gasteiger partial charge is 0.494 e. The first-order valence-electron chi connectivity index (χ1n) is 8.02. The Bertz CT molecular complexity index is 641. The van der Waals surface area contributed by atoms with Crippen molar-refractivity contribution in [1.82, 2.24) is 0 Å². The SMILES string of the molecule is CCCOc1cccc(CCN=C(N)Nc2ccc(C)cc2)c1.I. The second-order valence-electron chi connectivity index (χ2n) is 5.50. The lowest BCUT2D eigenvalue weighted by molar-refractivity contribution is 0.317. The molecule has 0 fully saturated rings. The highest BCUT2D eigenvalue weighted by Crippen LogP contribution is 2.14. The molecule has 2 aromatic carbocycles. The van der Waals surface area contributed by atoms with Crippen molar-refractivity contribution in [3.8, 4) is 5.75 Å². The summed E-state index contributed by atoms with van der Waals surface area (Å²) in [6.45, 7) is 5.54. The van der Waals surface area contributed by atoms with Gasteiger partial charge in [-0.15, -0.1) is 24.0 Å². The standard InChI is InChI=1S/C19H25N3O.HI/c1-3-13-23-18-6-4-5-16(14-18)11-12-21-19(20)22-17-9-7-15(2)8-10-17;/h4-10,14H,3,11-13H2,1-2H3,(H3,20,21,22);1H. The number of nitrogens with one attached hydrogen (secondary N) is 1. The highest BCUT2D eigenvalue weighted by Gasteiger charge is 1.98. The van der Waals surface area contributed by atoms with E-state index in [0.717, 1.165) is 30.9 Å². The van der Waals surface area contributed by atoms with Gasteiger partial charge < -0.3 is 15.8 Å². The number of ether oxygens (including phenoxy) is 1. The number of hydrogen-bond donors (Lipinski definition) is 2. The molecule has 0 aromatic heterocycles. The molecule has 0 heterocycles. The molecule has 3 N–H and O–H groups in total. The van der Waals surface area contributed by atoms with Crippen LogP contribution in [0.4, 0.5) is 5.69 Å². The Morgan fingerprint density at radius 1 is 1.17 bits per heavy atom. The number of halogens is 1. The summed E-state index contributed by atoms with van der Waals surface area (Å²) in [5.41, 5.74) is 9.29. The summed E-state index contributed by atoms with van der Waals surface area (Å²) in [6.07, 6.45) is 1.84. The number of benzene rings is 2. The first-order chi connectivity index (χ1) is 11.2. The van der Waals surface area contributed by atoms with Crippen molar-refractivity contribution >= 4 is 35.6 Å². The summed E-state index contributed by atoms with van der Waals surface area (Å²) in [6, 6.07) is 16.2. The van der Waals surface area contributed by atoms with E-state index in [0.29, 0.717) is 12.5 Å². The molecule has 5 heteroatoms. The second kappa shape index (κ2) is 10.9. The van der Waals surface area contributed by atoms with E-state index in [1.807, 2.05) is 36.4 Å². The number of hydrogen-bond acceptors (Lipinski definition) is 2. The third kappa shape index (κ3) is 7.21. The van der Waals surface area contributed by atoms with Crippen LogP contribution in [0.15, 0.2) is 53.5 Å². The van der Waals surface area contributed by atoms with Gasteiger partial charge in [-0.3, -0.25) is 4.99 Å². The molecule has 24 heavy (non-hydrogen) atoms. The quantitative estimate of drug-likeness (QED) is 0.383. The summed E-state index contributed by atoms with van der Waals surface area (Å²) in [4.78, 5) is 4.37. The summed E-state index contributed by atoms with van der Waals surface area (Å²) in [5, 5.41) is 3.10. The van der Waals surface area contributed by atoms with Crippen LogP contribution in [0, 0.1) is 6.92 Å². The van der Waals surface area contributed by atoms with Crippen molar-refractivity contribution in [2.75, 3.05) is 18.5 Å². The topological polar surface area (TPSA) is 59.6 Å². The van der Waals surface area contributed by atoms with Gasteiger partial charge in [0.15, 0.2) is 5.96 Å². The molecule has 2 rings (SSSR count). The zero-order valence-electron chi connectivity index (χ0n) is 14.3. The lowest BCUT2D eigenvalue weighted by Crippen LogP contribution is -2.23. The summed E-state index contributed by atoms with van der Waals surface area (Å²) in [5.74, 6) is 1.35. The van der Waals surface area contributed by atoms with Crippen LogP contribution in [0.25, 0.3) is 0 Å². The van der Waals surface area contributed by atoms with Crippen LogP contribution < -0.4 is 15.8 Å². The van der Waals surface area contributed by atoms with Crippen LogP contribution in [0.2, 0.25) is 0 Å². The van der Waals surface area contributed by atoms with Crippen LogP contribution in [0.5, 0.6) is 5.75 Å². The van der Waals surface area contributed by atoms with Gasteiger partial charge in [-0.25, -0.2) is 0 Å². The molecule has 0 unspecified atom stereocenters. The van der Waals surface area contributed by atoms with Crippen LogP contribution in [0.3, 0.4) is 0 Å². The molecule has 0 atom stereocenters. The Kier molecular flexibility index (Phi) is 9.22. The lowest BCUT2D eigenvalue weighted by Gasteiger charge is -2.07. The fourth-order valence-corrected chi connectivity index (χ4v) is 2.14. The normalized spacial score (nSPS) is 10.8. The first-order valence-corrected chi connectivity index (χ1v) is 8.02. The van der Waals surface area contributed by atoms with Crippen molar-refractivity contribution in [3.63, 3.8) is 0 Å². The van der Waals surface area contributed by atoms with E-state index in [1.54, 1.807) is 0 Å². The first kappa shape index (κ1) is 20.3. The molecule has 0 bridgehead atoms. The monoisotopic (exact) mass is 439 g/mol. The molecular formula is C19H26IN3O. The van der Waals surface area contributed by atoms with Gasteiger partial charge in [-0.1, -0.05) is 36.8 Å². The van der Waals surface area contributed by atoms with Gasteiger partial charge in [0, 0.05) is 12.2 Å². The van der Waals surface area contributed by atoms with Gasteiger partial charge in [-0.2, -0.15) is 0 Å². The second-order valence-corrected chi connectivity index (χ2v) is 5.50. The van der Waals surface area contributed by atoms with Crippen LogP contribution in [-0.4, -0.2) is 19.1 Å². The van der Waals surface area contributed by atoms with Gasteiger partial charge in [0.05, 0.1) is 6.61 Å². The fourth-order valence-electron chi connectivity index (χ4n) is 2.14. The van der Waals surface area contributed by atoms with Crippen molar-refractivity contribution in [3.05, 3.63) is 59.7 Å². The minimum absolute atomic E-state index is 0. The van der Waals surface area contributed by atoms with Crippen molar-refractivity contribution in [2.45, 2.75) is 26.7 Å². The average Bonchev–Trinajstić information content (AvgIpc) is 2.55. The smallest absolute Gasteiger partial charge is 0.193 e. The van der Waals surface area contributed by atoms with Gasteiger partial charge in [0.2, 0.25) is 0 Å². The Morgan fingerprint density at radius 3 is 2.62 bits per heavy atom. The van der Waals surface area contributed by atoms with E-state index in [4.69, 9.17) is 10.5 Å². The predicted octanol–water partition coefficient (Wildman–Crippen LogP) is 4.37. The van der Waals surface area contributed by atoms with Crippen molar-refractivity contribution in [1.29, 1.82) is 0 Å². The average molecular weight is 439 g/mol. The number of guanidine groups is 1. The highest BCUT2D eigenvalue weighted by molar-refractivity contribution is 14.0. The number of rotatable bonds is 7. The highest BCUT2D eigenvalue weighted by atomic mass is 127. The predicted molar refractivity (Wildman–Crippen MR) is 113 cm³/mol. The zero-order chi connectivity index (χ0) is 16.5. The molecule has 0 amide bonds. The molecule has 0 spiro atoms. The third-order valence-corrected chi connectivity index (χ3v) is 3.38. The molecule has 0 aliphatic carbocycles. The van der Waals surface area contributed by atoms with Gasteiger partial charge in [0.1, 0.15) is 5.75 Å². The molecule has 0 aliphatic rings. The molecule has 0 saturated heterocycles. The molecule has 2 aromatic rings. The number of aliphatic imine (C=N–C) groups is 1. The van der Waals surface area contributed by atoms with E-state index in [-0.39, 0.29) is 24.0 Å². The molecule has 4 nitrogen and oxygen atoms in total. The molecular weight excluding hydrogens is 413 g/mol. The molecule has 130 valence electrons. The van der Waals surface area contributed by atoms with Crippen LogP contribution >= 0.6 is 24.0 Å². The van der Waals surface area contributed by atoms with Crippen molar-refractivity contribution < 1.29 is 4.74 Å². The Morgan fingerprint density at radius 2 is 1.92 bits per heavy atom. The molecule has 0 saturated carbocycles. The third-order valence-electron chi connectivity index (χ3n) is 3.38. The maximum absolute atomic E-state index is 5.92. The minimum atomic E-state index is 0. The number of aryl methyl sites for hydroxylation is 1. The van der Waals surface area contributed by atoms with E-state index in [2.05, 4.69) is 36.3 Å². The van der Waals surface area contributed by atoms with Gasteiger partial charge in [-0.05, 0) is 49.6 Å². The fraction of sp³-hybridized carbons (Fsp3) is 0.316. The summed E-state index contributed by atoms with van der Waals surface area (Å²) in [7, 11) is 0. The van der Waals surface area contributed by atoms with Gasteiger partial charge >= 0.3 is 0 Å². The summed E-state index contributed by atoms with van der Waals surface area (Å²) < 4.78 is 5.64. The van der Waals surface area contributed by atoms with Crippen molar-refractivity contribution in [2.24, 2.45) is 10.7 Å². The summed E-state index contributed by atoms with van der Waals surface area (Å²) >= 11 is 0. The maximum atomic E-state index is 5.92. The van der Waals surface area contributed by atoms with E-state index < -0.39 is 0 Å². The molecule has 0 radical (unpaired) electrons. The Hall–Kier alpha value is -1.76. The Balaban J connectivity index is 0.00000288. The molecule has 0 aliphatic heterocycles. The number of nitrogens with two attached hydrogens (primary N) is 1. The van der Waals surface area contributed by atoms with Gasteiger partial charge in [0.25, 0.3) is 0 Å². The maximum Gasteiger partial charge on any atom is 0.193 e. The van der Waals surface area contributed by atoms with Crippen LogP contribution in [-0.2, 0) is 6.42 Å². The van der Waals surface area contributed by atoms with E-state index in [1.165, 1.54) is 11.1 Å². The lowest BCUT2D eigenvalue weighted by atomic mass is 10.1. The minimum Gasteiger partial charge on any atom is -0.494 e. The van der Waals surface area contributed by atoms with E-state index >= 15 is 0 Å².